The molecule has 2 aromatic rings. The summed E-state index contributed by atoms with van der Waals surface area (Å²) in [6.07, 6.45) is 1.57. The van der Waals surface area contributed by atoms with Gasteiger partial charge in [-0.3, -0.25) is 9.59 Å². The van der Waals surface area contributed by atoms with Crippen molar-refractivity contribution >= 4 is 23.5 Å². The van der Waals surface area contributed by atoms with Crippen molar-refractivity contribution in [3.8, 4) is 46.6 Å². The molecule has 1 unspecified atom stereocenters. The fraction of sp³-hybridized carbons (Fsp3) is 0.200. The van der Waals surface area contributed by atoms with E-state index in [1.807, 2.05) is 0 Å². The third kappa shape index (κ3) is 6.61. The van der Waals surface area contributed by atoms with Crippen molar-refractivity contribution in [2.45, 2.75) is 32.2 Å². The van der Waals surface area contributed by atoms with Crippen molar-refractivity contribution < 1.29 is 40.2 Å². The molecule has 0 saturated heterocycles. The van der Waals surface area contributed by atoms with Crippen LogP contribution in [0.15, 0.2) is 35.4 Å². The fourth-order valence-electron chi connectivity index (χ4n) is 3.45. The van der Waals surface area contributed by atoms with Crippen LogP contribution >= 0.6 is 0 Å². The molecule has 12 nitrogen and oxygen atoms in total. The Kier molecular flexibility index (Phi) is 8.94. The Morgan fingerprint density at radius 3 is 1.89 bits per heavy atom. The summed E-state index contributed by atoms with van der Waals surface area (Å²) >= 11 is 0. The van der Waals surface area contributed by atoms with Gasteiger partial charge in [0, 0.05) is 6.04 Å². The molecule has 0 saturated carbocycles. The number of amides is 2. The molecule has 2 aromatic carbocycles. The normalized spacial score (nSPS) is 12.6. The molecule has 0 spiro atoms. The van der Waals surface area contributed by atoms with Crippen LogP contribution in [-0.4, -0.2) is 48.5 Å². The summed E-state index contributed by atoms with van der Waals surface area (Å²) in [5.74, 6) is -6.07. The quantitative estimate of drug-likeness (QED) is 0.139. The Bertz CT molecular complexity index is 1340. The van der Waals surface area contributed by atoms with E-state index in [0.29, 0.717) is 6.42 Å². The molecular weight excluding hydrogens is 484 g/mol. The van der Waals surface area contributed by atoms with Crippen molar-refractivity contribution in [2.24, 2.45) is 5.73 Å². The third-order valence-corrected chi connectivity index (χ3v) is 5.42. The Morgan fingerprint density at radius 2 is 1.46 bits per heavy atom. The summed E-state index contributed by atoms with van der Waals surface area (Å²) in [4.78, 5) is 24.6. The average molecular weight is 508 g/mol. The SMILES string of the molecule is CCC(CCC(=C(C#N)C(N)=O)c1cc(O)c(O)c(O)c1)NC(=O)C(C#N)=Cc1cc(O)c(O)c(O)c1. The second-order valence-electron chi connectivity index (χ2n) is 7.89. The lowest BCUT2D eigenvalue weighted by molar-refractivity contribution is -0.118. The van der Waals surface area contributed by atoms with Crippen LogP contribution in [0.1, 0.15) is 37.3 Å². The minimum atomic E-state index is -1.06. The molecule has 1 atom stereocenters. The summed E-state index contributed by atoms with van der Waals surface area (Å²) in [6.45, 7) is 1.73. The molecule has 2 rings (SSSR count). The van der Waals surface area contributed by atoms with E-state index in [9.17, 15) is 50.8 Å². The van der Waals surface area contributed by atoms with Gasteiger partial charge in [-0.05, 0) is 66.3 Å². The first kappa shape index (κ1) is 27.9. The highest BCUT2D eigenvalue weighted by Crippen LogP contribution is 2.39. The van der Waals surface area contributed by atoms with Gasteiger partial charge >= 0.3 is 0 Å². The number of rotatable bonds is 9. The number of phenolic OH excluding ortho intramolecular Hbond substituents is 6. The maximum Gasteiger partial charge on any atom is 0.262 e. The number of aromatic hydroxyl groups is 6. The molecule has 0 bridgehead atoms. The summed E-state index contributed by atoms with van der Waals surface area (Å²) < 4.78 is 0. The number of hydrogen-bond acceptors (Lipinski definition) is 10. The highest BCUT2D eigenvalue weighted by atomic mass is 16.3. The van der Waals surface area contributed by atoms with Crippen LogP contribution in [0.5, 0.6) is 34.5 Å². The second-order valence-corrected chi connectivity index (χ2v) is 7.89. The fourth-order valence-corrected chi connectivity index (χ4v) is 3.45. The number of carbonyl (C=O) groups excluding carboxylic acids is 2. The molecule has 12 heteroatoms. The molecule has 0 aromatic heterocycles. The number of nitrogens with one attached hydrogen (secondary N) is 1. The maximum atomic E-state index is 12.7. The molecule has 192 valence electrons. The molecule has 0 radical (unpaired) electrons. The first-order valence-corrected chi connectivity index (χ1v) is 10.8. The number of phenols is 6. The lowest BCUT2D eigenvalue weighted by atomic mass is 9.92. The molecule has 0 heterocycles. The molecule has 0 aliphatic heterocycles. The summed E-state index contributed by atoms with van der Waals surface area (Å²) in [6, 6.07) is 7.00. The van der Waals surface area contributed by atoms with Crippen LogP contribution in [0.25, 0.3) is 11.6 Å². The van der Waals surface area contributed by atoms with E-state index >= 15 is 0 Å². The first-order chi connectivity index (χ1) is 17.4. The Hall–Kier alpha value is -5.36. The smallest absolute Gasteiger partial charge is 0.262 e. The predicted octanol–water partition coefficient (Wildman–Crippen LogP) is 1.96. The van der Waals surface area contributed by atoms with Gasteiger partial charge in [0.15, 0.2) is 34.5 Å². The second kappa shape index (κ2) is 11.9. The zero-order valence-electron chi connectivity index (χ0n) is 19.6. The molecular formula is C25H24N4O8. The van der Waals surface area contributed by atoms with Crippen LogP contribution in [0.2, 0.25) is 0 Å². The van der Waals surface area contributed by atoms with Crippen LogP contribution < -0.4 is 11.1 Å². The van der Waals surface area contributed by atoms with Gasteiger partial charge < -0.3 is 41.7 Å². The van der Waals surface area contributed by atoms with E-state index < -0.39 is 57.9 Å². The van der Waals surface area contributed by atoms with Gasteiger partial charge in [-0.1, -0.05) is 6.92 Å². The van der Waals surface area contributed by atoms with Crippen LogP contribution in [0, 0.1) is 22.7 Å². The van der Waals surface area contributed by atoms with Gasteiger partial charge in [0.1, 0.15) is 23.3 Å². The topological polar surface area (TPSA) is 241 Å². The van der Waals surface area contributed by atoms with Crippen LogP contribution in [0.4, 0.5) is 0 Å². The van der Waals surface area contributed by atoms with E-state index in [1.165, 1.54) is 0 Å². The zero-order chi connectivity index (χ0) is 27.9. The van der Waals surface area contributed by atoms with E-state index in [1.54, 1.807) is 19.1 Å². The minimum absolute atomic E-state index is 0.0282. The number of nitrogens with two attached hydrogens (primary N) is 1. The average Bonchev–Trinajstić information content (AvgIpc) is 2.85. The highest BCUT2D eigenvalue weighted by molar-refractivity contribution is 6.04. The summed E-state index contributed by atoms with van der Waals surface area (Å²) in [5, 5.41) is 79.5. The van der Waals surface area contributed by atoms with Gasteiger partial charge in [0.05, 0.1) is 0 Å². The summed E-state index contributed by atoms with van der Waals surface area (Å²) in [5.41, 5.74) is 4.67. The van der Waals surface area contributed by atoms with E-state index in [0.717, 1.165) is 30.3 Å². The molecule has 2 amide bonds. The van der Waals surface area contributed by atoms with Crippen molar-refractivity contribution in [3.63, 3.8) is 0 Å². The monoisotopic (exact) mass is 508 g/mol. The Balaban J connectivity index is 2.32. The van der Waals surface area contributed by atoms with Gasteiger partial charge in [-0.25, -0.2) is 0 Å². The molecule has 0 aliphatic carbocycles. The van der Waals surface area contributed by atoms with Crippen molar-refractivity contribution in [2.75, 3.05) is 0 Å². The standard InChI is InChI=1S/C25H24N4O8/c1-2-15(29-25(37)14(10-26)5-12-6-18(30)22(34)19(31)7-12)3-4-16(17(11-27)24(28)36)13-8-20(32)23(35)21(33)9-13/h5-9,15,30-35H,2-4H2,1H3,(H2,28,36)(H,29,37). The van der Waals surface area contributed by atoms with Crippen LogP contribution in [0.3, 0.4) is 0 Å². The summed E-state index contributed by atoms with van der Waals surface area (Å²) in [7, 11) is 0. The molecule has 9 N–H and O–H groups in total. The number of carbonyl (C=O) groups is 2. The first-order valence-electron chi connectivity index (χ1n) is 10.8. The number of primary amides is 1. The maximum absolute atomic E-state index is 12.7. The number of hydrogen-bond donors (Lipinski definition) is 8. The number of benzene rings is 2. The Labute approximate surface area is 211 Å². The highest BCUT2D eigenvalue weighted by Gasteiger charge is 2.21. The van der Waals surface area contributed by atoms with Crippen molar-refractivity contribution in [1.29, 1.82) is 10.5 Å². The van der Waals surface area contributed by atoms with Gasteiger partial charge in [-0.15, -0.1) is 0 Å². The lowest BCUT2D eigenvalue weighted by Crippen LogP contribution is -2.35. The minimum Gasteiger partial charge on any atom is -0.504 e. The zero-order valence-corrected chi connectivity index (χ0v) is 19.6. The van der Waals surface area contributed by atoms with Crippen molar-refractivity contribution in [1.82, 2.24) is 5.32 Å². The predicted molar refractivity (Wildman–Crippen MR) is 130 cm³/mol. The van der Waals surface area contributed by atoms with E-state index in [-0.39, 0.29) is 35.1 Å². The van der Waals surface area contributed by atoms with Crippen molar-refractivity contribution in [3.05, 3.63) is 46.5 Å². The lowest BCUT2D eigenvalue weighted by Gasteiger charge is -2.19. The molecule has 37 heavy (non-hydrogen) atoms. The largest absolute Gasteiger partial charge is 0.504 e. The third-order valence-electron chi connectivity index (χ3n) is 5.42. The number of nitriles is 2. The Morgan fingerprint density at radius 1 is 0.946 bits per heavy atom. The van der Waals surface area contributed by atoms with Crippen LogP contribution in [-0.2, 0) is 9.59 Å². The van der Waals surface area contributed by atoms with E-state index in [4.69, 9.17) is 5.73 Å². The van der Waals surface area contributed by atoms with Gasteiger partial charge in [-0.2, -0.15) is 10.5 Å². The van der Waals surface area contributed by atoms with Gasteiger partial charge in [0.25, 0.3) is 11.8 Å². The molecule has 0 aliphatic rings. The number of allylic oxidation sites excluding steroid dienone is 1. The van der Waals surface area contributed by atoms with E-state index in [2.05, 4.69) is 5.32 Å². The molecule has 0 fully saturated rings. The van der Waals surface area contributed by atoms with Gasteiger partial charge in [0.2, 0.25) is 0 Å². The number of nitrogens with zero attached hydrogens (tertiary/aromatic N) is 2.